The van der Waals surface area contributed by atoms with Crippen LogP contribution in [0.4, 0.5) is 0 Å². The van der Waals surface area contributed by atoms with E-state index in [0.29, 0.717) is 0 Å². The Bertz CT molecular complexity index is 536. The first kappa shape index (κ1) is 15.6. The van der Waals surface area contributed by atoms with Gasteiger partial charge in [-0.2, -0.15) is 0 Å². The molecule has 1 aromatic rings. The van der Waals surface area contributed by atoms with Gasteiger partial charge in [-0.25, -0.2) is 0 Å². The van der Waals surface area contributed by atoms with Crippen molar-refractivity contribution in [2.24, 2.45) is 0 Å². The van der Waals surface area contributed by atoms with E-state index in [-0.39, 0.29) is 11.1 Å². The van der Waals surface area contributed by atoms with Crippen molar-refractivity contribution in [2.45, 2.75) is 59.2 Å². The molecule has 4 heteroatoms. The van der Waals surface area contributed by atoms with E-state index < -0.39 is 7.71 Å². The van der Waals surface area contributed by atoms with E-state index in [0.717, 1.165) is 0 Å². The van der Waals surface area contributed by atoms with E-state index >= 15 is 0 Å². The van der Waals surface area contributed by atoms with Crippen LogP contribution in [0.2, 0.25) is 6.55 Å². The molecular formula is C16H27ClN2Si. The summed E-state index contributed by atoms with van der Waals surface area (Å²) in [4.78, 5) is 0. The predicted molar refractivity (Wildman–Crippen MR) is 91.0 cm³/mol. The molecule has 2 nitrogen and oxygen atoms in total. The summed E-state index contributed by atoms with van der Waals surface area (Å²) in [6, 6.07) is 10.6. The fraction of sp³-hybridized carbons (Fsp3) is 0.562. The molecule has 1 aliphatic rings. The van der Waals surface area contributed by atoms with Crippen molar-refractivity contribution in [3.8, 4) is 0 Å². The Kier molecular flexibility index (Phi) is 3.59. The van der Waals surface area contributed by atoms with Crippen molar-refractivity contribution in [1.29, 1.82) is 0 Å². The number of halogens is 1. The summed E-state index contributed by atoms with van der Waals surface area (Å²) >= 11 is 7.05. The third kappa shape index (κ3) is 2.42. The average Bonchev–Trinajstić information content (AvgIpc) is 2.23. The van der Waals surface area contributed by atoms with Crippen molar-refractivity contribution in [3.63, 3.8) is 0 Å². The number of rotatable bonds is 1. The second-order valence-electron chi connectivity index (χ2n) is 7.82. The number of hydrogen-bond donors (Lipinski definition) is 0. The predicted octanol–water partition coefficient (Wildman–Crippen LogP) is 3.90. The van der Waals surface area contributed by atoms with Crippen LogP contribution in [-0.2, 0) is 0 Å². The summed E-state index contributed by atoms with van der Waals surface area (Å²) < 4.78 is 4.95. The molecule has 112 valence electrons. The second kappa shape index (κ2) is 4.60. The van der Waals surface area contributed by atoms with E-state index in [9.17, 15) is 0 Å². The van der Waals surface area contributed by atoms with E-state index in [4.69, 9.17) is 11.1 Å². The Labute approximate surface area is 128 Å². The molecule has 1 heterocycles. The molecule has 0 unspecified atom stereocenters. The van der Waals surface area contributed by atoms with Crippen LogP contribution in [0.25, 0.3) is 0 Å². The van der Waals surface area contributed by atoms with E-state index in [1.807, 2.05) is 0 Å². The van der Waals surface area contributed by atoms with Crippen molar-refractivity contribution < 1.29 is 4.24 Å². The summed E-state index contributed by atoms with van der Waals surface area (Å²) in [6.07, 6.45) is 0. The molecule has 0 atom stereocenters. The van der Waals surface area contributed by atoms with E-state index in [1.54, 1.807) is 0 Å². The molecule has 0 saturated heterocycles. The van der Waals surface area contributed by atoms with Crippen LogP contribution in [0.1, 0.15) is 47.1 Å². The molecule has 0 N–H and O–H groups in total. The molecule has 0 aliphatic carbocycles. The molecule has 20 heavy (non-hydrogen) atoms. The Morgan fingerprint density at radius 1 is 1.00 bits per heavy atom. The average molecular weight is 311 g/mol. The zero-order valence-corrected chi connectivity index (χ0v) is 15.6. The fourth-order valence-electron chi connectivity index (χ4n) is 3.54. The first-order valence-electron chi connectivity index (χ1n) is 7.37. The summed E-state index contributed by atoms with van der Waals surface area (Å²) in [5.74, 6) is 1.29. The van der Waals surface area contributed by atoms with Crippen molar-refractivity contribution >= 4 is 24.6 Å². The van der Waals surface area contributed by atoms with Gasteiger partial charge in [-0.3, -0.25) is 0 Å². The number of amidine groups is 1. The van der Waals surface area contributed by atoms with Gasteiger partial charge in [0.25, 0.3) is 0 Å². The first-order valence-corrected chi connectivity index (χ1v) is 11.3. The SMILES string of the molecule is CC(C)(C)N1C(c2ccccc2)=[N+](C(C)(C)C)[SiH-]1(C)Cl. The monoisotopic (exact) mass is 310 g/mol. The molecular weight excluding hydrogens is 284 g/mol. The van der Waals surface area contributed by atoms with Crippen LogP contribution in [0.15, 0.2) is 30.3 Å². The maximum atomic E-state index is 7.05. The summed E-state index contributed by atoms with van der Waals surface area (Å²) in [5.41, 5.74) is 1.36. The Balaban J connectivity index is 2.67. The van der Waals surface area contributed by atoms with E-state index in [2.05, 4.69) is 87.2 Å². The molecule has 0 aromatic heterocycles. The van der Waals surface area contributed by atoms with Gasteiger partial charge < -0.3 is 0 Å². The minimum atomic E-state index is -2.45. The van der Waals surface area contributed by atoms with Gasteiger partial charge in [0.2, 0.25) is 0 Å². The Morgan fingerprint density at radius 3 is 1.90 bits per heavy atom. The summed E-state index contributed by atoms with van der Waals surface area (Å²) in [5, 5.41) is 0. The molecule has 1 aromatic carbocycles. The molecule has 0 fully saturated rings. The quantitative estimate of drug-likeness (QED) is 0.563. The van der Waals surface area contributed by atoms with Gasteiger partial charge in [-0.15, -0.1) is 0 Å². The molecule has 0 spiro atoms. The van der Waals surface area contributed by atoms with Gasteiger partial charge in [-0.05, 0) is 0 Å². The van der Waals surface area contributed by atoms with Crippen LogP contribution in [0, 0.1) is 0 Å². The van der Waals surface area contributed by atoms with Gasteiger partial charge in [0.05, 0.1) is 0 Å². The van der Waals surface area contributed by atoms with Gasteiger partial charge >= 0.3 is 128 Å². The second-order valence-corrected chi connectivity index (χ2v) is 13.4. The number of nitrogens with zero attached hydrogens (tertiary/aromatic N) is 2. The molecule has 0 amide bonds. The molecule has 0 radical (unpaired) electrons. The fourth-order valence-corrected chi connectivity index (χ4v) is 10.2. The standard InChI is InChI=1S/C16H27ClN2Si/c1-15(2,3)18-14(13-11-9-8-10-12-13)19(16(4,5)6)20(18,7)17/h8-12,20H,1-7H3. The van der Waals surface area contributed by atoms with Crippen LogP contribution >= 0.6 is 11.1 Å². The minimum absolute atomic E-state index is 0.0497. The summed E-state index contributed by atoms with van der Waals surface area (Å²) in [7, 11) is -2.45. The normalized spacial score (nSPS) is 20.7. The summed E-state index contributed by atoms with van der Waals surface area (Å²) in [6.45, 7) is 15.7. The zero-order chi connectivity index (χ0) is 15.3. The molecule has 0 saturated carbocycles. The van der Waals surface area contributed by atoms with Crippen LogP contribution in [0.3, 0.4) is 0 Å². The third-order valence-electron chi connectivity index (χ3n) is 3.88. The van der Waals surface area contributed by atoms with Gasteiger partial charge in [-0.1, -0.05) is 0 Å². The molecule has 1 aliphatic heterocycles. The van der Waals surface area contributed by atoms with Crippen LogP contribution < -0.4 is 0 Å². The van der Waals surface area contributed by atoms with Crippen molar-refractivity contribution in [3.05, 3.63) is 35.9 Å². The van der Waals surface area contributed by atoms with Gasteiger partial charge in [0.15, 0.2) is 0 Å². The van der Waals surface area contributed by atoms with Crippen LogP contribution in [0.5, 0.6) is 0 Å². The first-order chi connectivity index (χ1) is 8.97. The third-order valence-corrected chi connectivity index (χ3v) is 8.97. The Hall–Kier alpha value is -0.803. The Morgan fingerprint density at radius 2 is 1.50 bits per heavy atom. The van der Waals surface area contributed by atoms with Gasteiger partial charge in [0.1, 0.15) is 0 Å². The molecule has 2 rings (SSSR count). The maximum absolute atomic E-state index is 7.05. The van der Waals surface area contributed by atoms with Gasteiger partial charge in [0, 0.05) is 0 Å². The van der Waals surface area contributed by atoms with Crippen LogP contribution in [-0.4, -0.2) is 33.4 Å². The molecule has 0 bridgehead atoms. The topological polar surface area (TPSA) is 6.25 Å². The number of hydrogen-bond acceptors (Lipinski definition) is 1. The van der Waals surface area contributed by atoms with E-state index in [1.165, 1.54) is 11.4 Å². The number of benzene rings is 1. The zero-order valence-electron chi connectivity index (χ0n) is 13.7. The van der Waals surface area contributed by atoms with Crippen molar-refractivity contribution in [2.75, 3.05) is 0 Å². The van der Waals surface area contributed by atoms with Crippen molar-refractivity contribution in [1.82, 2.24) is 4.57 Å².